The van der Waals surface area contributed by atoms with E-state index in [1.807, 2.05) is 0 Å². The number of rotatable bonds is 6. The topological polar surface area (TPSA) is 29.1 Å². The molecule has 2 unspecified atom stereocenters. The van der Waals surface area contributed by atoms with E-state index in [1.165, 1.54) is 24.0 Å². The first-order chi connectivity index (χ1) is 9.11. The van der Waals surface area contributed by atoms with E-state index in [9.17, 15) is 4.21 Å². The second-order valence-electron chi connectivity index (χ2n) is 5.70. The minimum atomic E-state index is -0.890. The van der Waals surface area contributed by atoms with Crippen molar-refractivity contribution in [3.8, 4) is 0 Å². The largest absolute Gasteiger partial charge is 0.313 e. The summed E-state index contributed by atoms with van der Waals surface area (Å²) >= 11 is 0. The van der Waals surface area contributed by atoms with Crippen LogP contribution >= 0.6 is 0 Å². The fourth-order valence-corrected chi connectivity index (χ4v) is 4.21. The Morgan fingerprint density at radius 1 is 1.26 bits per heavy atom. The van der Waals surface area contributed by atoms with Gasteiger partial charge in [0.2, 0.25) is 0 Å². The van der Waals surface area contributed by atoms with Crippen LogP contribution in [0.4, 0.5) is 0 Å². The first kappa shape index (κ1) is 14.7. The predicted molar refractivity (Wildman–Crippen MR) is 82.0 cm³/mol. The lowest BCUT2D eigenvalue weighted by atomic mass is 10.1. The zero-order chi connectivity index (χ0) is 13.8. The van der Waals surface area contributed by atoms with E-state index in [0.29, 0.717) is 17.7 Å². The molecule has 2 atom stereocenters. The number of hydrogen-bond donors (Lipinski definition) is 1. The number of fused-ring (bicyclic) bond motifs is 1. The lowest BCUT2D eigenvalue weighted by Crippen LogP contribution is -2.38. The van der Waals surface area contributed by atoms with Crippen molar-refractivity contribution in [1.82, 2.24) is 5.32 Å². The first-order valence-electron chi connectivity index (χ1n) is 7.35. The van der Waals surface area contributed by atoms with E-state index in [0.717, 1.165) is 17.9 Å². The number of benzene rings is 1. The Hall–Kier alpha value is -0.670. The van der Waals surface area contributed by atoms with Crippen molar-refractivity contribution in [2.75, 3.05) is 12.3 Å². The molecule has 3 heteroatoms. The maximum atomic E-state index is 12.5. The average Bonchev–Trinajstić information content (AvgIpc) is 2.85. The van der Waals surface area contributed by atoms with Crippen molar-refractivity contribution in [1.29, 1.82) is 0 Å². The normalized spacial score (nSPS) is 17.5. The molecule has 1 aliphatic carbocycles. The zero-order valence-electron chi connectivity index (χ0n) is 12.2. The molecule has 0 saturated heterocycles. The Balaban J connectivity index is 2.07. The predicted octanol–water partition coefficient (Wildman–Crippen LogP) is 2.92. The molecule has 0 bridgehead atoms. The first-order valence-corrected chi connectivity index (χ1v) is 8.67. The lowest BCUT2D eigenvalue weighted by molar-refractivity contribution is 0.440. The molecule has 0 aromatic heterocycles. The summed E-state index contributed by atoms with van der Waals surface area (Å²) in [5.74, 6) is 1.22. The van der Waals surface area contributed by atoms with Gasteiger partial charge in [-0.05, 0) is 55.0 Å². The summed E-state index contributed by atoms with van der Waals surface area (Å²) in [6, 6.07) is 6.73. The smallest absolute Gasteiger partial charge is 0.0545 e. The molecule has 1 aromatic rings. The van der Waals surface area contributed by atoms with Crippen LogP contribution in [0.15, 0.2) is 23.1 Å². The third-order valence-electron chi connectivity index (χ3n) is 3.93. The van der Waals surface area contributed by atoms with Gasteiger partial charge >= 0.3 is 0 Å². The van der Waals surface area contributed by atoms with E-state index >= 15 is 0 Å². The van der Waals surface area contributed by atoms with Gasteiger partial charge in [0.15, 0.2) is 0 Å². The van der Waals surface area contributed by atoms with Crippen LogP contribution in [0.1, 0.15) is 38.3 Å². The molecule has 19 heavy (non-hydrogen) atoms. The molecule has 0 aliphatic heterocycles. The van der Waals surface area contributed by atoms with Gasteiger partial charge in [0.1, 0.15) is 0 Å². The van der Waals surface area contributed by atoms with Crippen LogP contribution in [0.25, 0.3) is 0 Å². The summed E-state index contributed by atoms with van der Waals surface area (Å²) in [6.45, 7) is 7.42. The molecule has 0 heterocycles. The van der Waals surface area contributed by atoms with Gasteiger partial charge in [-0.1, -0.05) is 26.8 Å². The maximum absolute atomic E-state index is 12.5. The van der Waals surface area contributed by atoms with Crippen molar-refractivity contribution < 1.29 is 4.21 Å². The van der Waals surface area contributed by atoms with Crippen molar-refractivity contribution in [2.24, 2.45) is 5.92 Å². The van der Waals surface area contributed by atoms with E-state index in [2.05, 4.69) is 44.3 Å². The summed E-state index contributed by atoms with van der Waals surface area (Å²) < 4.78 is 12.5. The maximum Gasteiger partial charge on any atom is 0.0545 e. The second-order valence-corrected chi connectivity index (χ2v) is 7.20. The Kier molecular flexibility index (Phi) is 5.17. The van der Waals surface area contributed by atoms with Crippen LogP contribution in [0, 0.1) is 5.92 Å². The minimum Gasteiger partial charge on any atom is -0.313 e. The highest BCUT2D eigenvalue weighted by Crippen LogP contribution is 2.24. The summed E-state index contributed by atoms with van der Waals surface area (Å²) in [6.07, 6.45) is 3.59. The van der Waals surface area contributed by atoms with Gasteiger partial charge in [0, 0.05) is 16.7 Å². The van der Waals surface area contributed by atoms with E-state index in [1.54, 1.807) is 0 Å². The molecular formula is C16H25NOS. The molecule has 2 nitrogen and oxygen atoms in total. The van der Waals surface area contributed by atoms with Gasteiger partial charge < -0.3 is 5.32 Å². The summed E-state index contributed by atoms with van der Waals surface area (Å²) in [4.78, 5) is 1.00. The molecule has 0 spiro atoms. The molecule has 0 radical (unpaired) electrons. The highest BCUT2D eigenvalue weighted by molar-refractivity contribution is 7.85. The molecule has 0 amide bonds. The summed E-state index contributed by atoms with van der Waals surface area (Å²) in [5.41, 5.74) is 2.86. The highest BCUT2D eigenvalue weighted by Gasteiger charge is 2.18. The standard InChI is InChI=1S/C16H25NOS/c1-4-17-16(12(2)3)11-19(18)15-9-8-13-6-5-7-14(13)10-15/h8-10,12,16-17H,4-7,11H2,1-3H3. The van der Waals surface area contributed by atoms with E-state index in [4.69, 9.17) is 0 Å². The van der Waals surface area contributed by atoms with Crippen molar-refractivity contribution in [2.45, 2.75) is 51.0 Å². The van der Waals surface area contributed by atoms with Crippen LogP contribution in [-0.2, 0) is 23.6 Å². The van der Waals surface area contributed by atoms with Gasteiger partial charge in [-0.2, -0.15) is 0 Å². The van der Waals surface area contributed by atoms with Crippen molar-refractivity contribution in [3.05, 3.63) is 29.3 Å². The Morgan fingerprint density at radius 2 is 2.00 bits per heavy atom. The number of nitrogens with one attached hydrogen (secondary N) is 1. The quantitative estimate of drug-likeness (QED) is 0.867. The molecular weight excluding hydrogens is 254 g/mol. The fraction of sp³-hybridized carbons (Fsp3) is 0.625. The van der Waals surface area contributed by atoms with Crippen LogP contribution in [-0.4, -0.2) is 22.5 Å². The molecule has 1 aromatic carbocycles. The van der Waals surface area contributed by atoms with Gasteiger partial charge in [-0.15, -0.1) is 0 Å². The Morgan fingerprint density at radius 3 is 2.68 bits per heavy atom. The summed E-state index contributed by atoms with van der Waals surface area (Å²) in [7, 11) is -0.890. The SMILES string of the molecule is CCNC(CS(=O)c1ccc2c(c1)CCC2)C(C)C. The van der Waals surface area contributed by atoms with Gasteiger partial charge in [-0.3, -0.25) is 4.21 Å². The number of aryl methyl sites for hydroxylation is 2. The van der Waals surface area contributed by atoms with Gasteiger partial charge in [-0.25, -0.2) is 0 Å². The molecule has 1 aliphatic rings. The van der Waals surface area contributed by atoms with Crippen LogP contribution in [0.3, 0.4) is 0 Å². The minimum absolute atomic E-state index is 0.332. The van der Waals surface area contributed by atoms with Gasteiger partial charge in [0.05, 0.1) is 10.8 Å². The third kappa shape index (κ3) is 3.67. The molecule has 0 saturated carbocycles. The zero-order valence-corrected chi connectivity index (χ0v) is 13.1. The van der Waals surface area contributed by atoms with E-state index in [-0.39, 0.29) is 0 Å². The molecule has 2 rings (SSSR count). The monoisotopic (exact) mass is 279 g/mol. The molecule has 1 N–H and O–H groups in total. The number of hydrogen-bond acceptors (Lipinski definition) is 2. The van der Waals surface area contributed by atoms with E-state index < -0.39 is 10.8 Å². The Bertz CT molecular complexity index is 456. The van der Waals surface area contributed by atoms with Crippen molar-refractivity contribution >= 4 is 10.8 Å². The van der Waals surface area contributed by atoms with Gasteiger partial charge in [0.25, 0.3) is 0 Å². The molecule has 0 fully saturated rings. The Labute approximate surface area is 119 Å². The van der Waals surface area contributed by atoms with Crippen LogP contribution < -0.4 is 5.32 Å². The average molecular weight is 279 g/mol. The van der Waals surface area contributed by atoms with Crippen LogP contribution in [0.5, 0.6) is 0 Å². The second kappa shape index (κ2) is 6.67. The molecule has 106 valence electrons. The third-order valence-corrected chi connectivity index (χ3v) is 5.38. The highest BCUT2D eigenvalue weighted by atomic mass is 32.2. The van der Waals surface area contributed by atoms with Crippen LogP contribution in [0.2, 0.25) is 0 Å². The lowest BCUT2D eigenvalue weighted by Gasteiger charge is -2.21. The van der Waals surface area contributed by atoms with Crippen molar-refractivity contribution in [3.63, 3.8) is 0 Å². The summed E-state index contributed by atoms with van der Waals surface area (Å²) in [5, 5.41) is 3.44. The fourth-order valence-electron chi connectivity index (χ4n) is 2.70.